The van der Waals surface area contributed by atoms with Crippen LogP contribution in [0.1, 0.15) is 27.2 Å². The van der Waals surface area contributed by atoms with Crippen LogP contribution in [0, 0.1) is 0 Å². The topological polar surface area (TPSA) is 188 Å². The van der Waals surface area contributed by atoms with Crippen molar-refractivity contribution in [2.45, 2.75) is 30.6 Å². The third kappa shape index (κ3) is 3.52. The first-order valence-corrected chi connectivity index (χ1v) is 8.22. The zero-order chi connectivity index (χ0) is 19.7. The number of aromatic nitrogens is 3. The standard InChI is InChI=1S/C14H20N4O9/c19-5-6-9(20)10(21)11(22)13(27-6)18-8(14(24)25)7(15-16-18)12(23)17-1-3-26-4-2-17/h6,9-11,13,19-22H,1-5H2,(H,24,25)/t6-,9-,10+,11-,13-/m1/s1. The number of hydrogen-bond acceptors (Lipinski definition) is 10. The van der Waals surface area contributed by atoms with Crippen LogP contribution in [0.25, 0.3) is 0 Å². The van der Waals surface area contributed by atoms with Crippen molar-refractivity contribution < 1.29 is 44.6 Å². The van der Waals surface area contributed by atoms with Gasteiger partial charge in [-0.25, -0.2) is 9.48 Å². The van der Waals surface area contributed by atoms with Gasteiger partial charge in [-0.05, 0) is 0 Å². The summed E-state index contributed by atoms with van der Waals surface area (Å²) in [4.78, 5) is 25.7. The van der Waals surface area contributed by atoms with E-state index in [-0.39, 0.29) is 13.1 Å². The molecule has 13 heteroatoms. The normalized spacial score (nSPS) is 31.7. The number of amides is 1. The van der Waals surface area contributed by atoms with Gasteiger partial charge in [0.1, 0.15) is 24.4 Å². The van der Waals surface area contributed by atoms with Crippen molar-refractivity contribution in [2.24, 2.45) is 0 Å². The molecule has 5 N–H and O–H groups in total. The molecule has 5 atom stereocenters. The first kappa shape index (κ1) is 19.6. The number of aliphatic hydroxyl groups is 4. The van der Waals surface area contributed by atoms with Gasteiger partial charge in [-0.3, -0.25) is 4.79 Å². The number of carboxylic acid groups (broad SMARTS) is 1. The molecule has 1 aromatic rings. The Morgan fingerprint density at radius 2 is 1.78 bits per heavy atom. The second-order valence-corrected chi connectivity index (χ2v) is 6.16. The Hall–Kier alpha value is -2.16. The summed E-state index contributed by atoms with van der Waals surface area (Å²) >= 11 is 0. The average Bonchev–Trinajstić information content (AvgIpc) is 3.11. The van der Waals surface area contributed by atoms with Crippen LogP contribution in [0.3, 0.4) is 0 Å². The number of morpholine rings is 1. The molecule has 3 rings (SSSR count). The monoisotopic (exact) mass is 388 g/mol. The van der Waals surface area contributed by atoms with Gasteiger partial charge < -0.3 is 39.9 Å². The molecule has 0 unspecified atom stereocenters. The minimum atomic E-state index is -1.77. The number of aliphatic hydroxyl groups excluding tert-OH is 4. The predicted octanol–water partition coefficient (Wildman–Crippen LogP) is -3.58. The number of nitrogens with zero attached hydrogens (tertiary/aromatic N) is 4. The zero-order valence-corrected chi connectivity index (χ0v) is 14.1. The maximum absolute atomic E-state index is 12.6. The van der Waals surface area contributed by atoms with E-state index in [1.54, 1.807) is 0 Å². The smallest absolute Gasteiger partial charge is 0.356 e. The molecule has 2 aliphatic rings. The molecule has 0 bridgehead atoms. The third-order valence-corrected chi connectivity index (χ3v) is 4.51. The van der Waals surface area contributed by atoms with E-state index >= 15 is 0 Å². The average molecular weight is 388 g/mol. The van der Waals surface area contributed by atoms with Gasteiger partial charge in [0, 0.05) is 13.1 Å². The summed E-state index contributed by atoms with van der Waals surface area (Å²) in [5, 5.41) is 55.9. The van der Waals surface area contributed by atoms with E-state index < -0.39 is 60.5 Å². The summed E-state index contributed by atoms with van der Waals surface area (Å²) in [7, 11) is 0. The predicted molar refractivity (Wildman–Crippen MR) is 82.7 cm³/mol. The second kappa shape index (κ2) is 7.84. The van der Waals surface area contributed by atoms with E-state index in [0.29, 0.717) is 17.9 Å². The first-order valence-electron chi connectivity index (χ1n) is 8.22. The van der Waals surface area contributed by atoms with Crippen LogP contribution >= 0.6 is 0 Å². The van der Waals surface area contributed by atoms with E-state index in [1.165, 1.54) is 4.90 Å². The zero-order valence-electron chi connectivity index (χ0n) is 14.1. The number of hydrogen-bond donors (Lipinski definition) is 5. The van der Waals surface area contributed by atoms with Crippen molar-refractivity contribution in [2.75, 3.05) is 32.9 Å². The Bertz CT molecular complexity index is 703. The molecular formula is C14H20N4O9. The molecule has 0 aromatic carbocycles. The largest absolute Gasteiger partial charge is 0.476 e. The van der Waals surface area contributed by atoms with Gasteiger partial charge >= 0.3 is 5.97 Å². The minimum Gasteiger partial charge on any atom is -0.476 e. The Kier molecular flexibility index (Phi) is 5.69. The summed E-state index contributed by atoms with van der Waals surface area (Å²) in [5.41, 5.74) is -1.10. The van der Waals surface area contributed by atoms with Crippen molar-refractivity contribution in [3.63, 3.8) is 0 Å². The molecular weight excluding hydrogens is 368 g/mol. The number of carbonyl (C=O) groups excluding carboxylic acids is 1. The van der Waals surface area contributed by atoms with Crippen molar-refractivity contribution in [3.8, 4) is 0 Å². The van der Waals surface area contributed by atoms with Gasteiger partial charge in [-0.1, -0.05) is 5.21 Å². The van der Waals surface area contributed by atoms with Crippen molar-refractivity contribution >= 4 is 11.9 Å². The second-order valence-electron chi connectivity index (χ2n) is 6.16. The SMILES string of the molecule is O=C(O)c1c(C(=O)N2CCOCC2)nnn1[C@@H]1O[C@H](CO)[C@@H](O)[C@H](O)[C@H]1O. The maximum atomic E-state index is 12.6. The molecule has 150 valence electrons. The molecule has 0 aliphatic carbocycles. The van der Waals surface area contributed by atoms with Gasteiger partial charge in [0.2, 0.25) is 0 Å². The highest BCUT2D eigenvalue weighted by Crippen LogP contribution is 2.29. The van der Waals surface area contributed by atoms with Crippen LogP contribution in [0.2, 0.25) is 0 Å². The number of carboxylic acids is 1. The molecule has 27 heavy (non-hydrogen) atoms. The van der Waals surface area contributed by atoms with Crippen molar-refractivity contribution in [1.29, 1.82) is 0 Å². The molecule has 2 fully saturated rings. The van der Waals surface area contributed by atoms with E-state index in [0.717, 1.165) is 0 Å². The Morgan fingerprint density at radius 1 is 1.11 bits per heavy atom. The molecule has 0 radical (unpaired) electrons. The van der Waals surface area contributed by atoms with Gasteiger partial charge in [-0.15, -0.1) is 5.10 Å². The molecule has 13 nitrogen and oxygen atoms in total. The lowest BCUT2D eigenvalue weighted by Gasteiger charge is -2.39. The van der Waals surface area contributed by atoms with Crippen LogP contribution in [-0.2, 0) is 9.47 Å². The summed E-state index contributed by atoms with van der Waals surface area (Å²) in [6.45, 7) is 0.414. The van der Waals surface area contributed by atoms with E-state index in [4.69, 9.17) is 9.47 Å². The van der Waals surface area contributed by atoms with Crippen LogP contribution in [0.5, 0.6) is 0 Å². The fraction of sp³-hybridized carbons (Fsp3) is 0.714. The van der Waals surface area contributed by atoms with Crippen LogP contribution in [0.15, 0.2) is 0 Å². The van der Waals surface area contributed by atoms with Gasteiger partial charge in [0.05, 0.1) is 19.8 Å². The van der Waals surface area contributed by atoms with Crippen molar-refractivity contribution in [3.05, 3.63) is 11.4 Å². The Balaban J connectivity index is 1.95. The maximum Gasteiger partial charge on any atom is 0.356 e. The lowest BCUT2D eigenvalue weighted by atomic mass is 9.98. The van der Waals surface area contributed by atoms with E-state index in [1.807, 2.05) is 0 Å². The minimum absolute atomic E-state index is 0.255. The molecule has 0 spiro atoms. The number of rotatable bonds is 4. The quantitative estimate of drug-likeness (QED) is 0.343. The molecule has 1 amide bonds. The van der Waals surface area contributed by atoms with Crippen molar-refractivity contribution in [1.82, 2.24) is 19.9 Å². The molecule has 2 saturated heterocycles. The Morgan fingerprint density at radius 3 is 2.37 bits per heavy atom. The molecule has 3 heterocycles. The summed E-state index contributed by atoms with van der Waals surface area (Å²) in [6.07, 6.45) is -7.96. The van der Waals surface area contributed by atoms with E-state index in [9.17, 15) is 35.1 Å². The third-order valence-electron chi connectivity index (χ3n) is 4.51. The van der Waals surface area contributed by atoms with E-state index in [2.05, 4.69) is 10.3 Å². The van der Waals surface area contributed by atoms with Crippen LogP contribution in [0.4, 0.5) is 0 Å². The summed E-state index contributed by atoms with van der Waals surface area (Å²) in [5.74, 6) is -2.22. The lowest BCUT2D eigenvalue weighted by molar-refractivity contribution is -0.254. The Labute approximate surface area is 152 Å². The number of carbonyl (C=O) groups is 2. The first-order chi connectivity index (χ1) is 12.9. The van der Waals surface area contributed by atoms with Crippen LogP contribution in [-0.4, -0.2) is 115 Å². The number of aromatic carboxylic acids is 1. The fourth-order valence-corrected chi connectivity index (χ4v) is 3.02. The van der Waals surface area contributed by atoms with Gasteiger partial charge in [-0.2, -0.15) is 0 Å². The fourth-order valence-electron chi connectivity index (χ4n) is 3.02. The van der Waals surface area contributed by atoms with Gasteiger partial charge in [0.15, 0.2) is 17.6 Å². The molecule has 2 aliphatic heterocycles. The highest BCUT2D eigenvalue weighted by atomic mass is 16.6. The molecule has 0 saturated carbocycles. The molecule has 1 aromatic heterocycles. The van der Waals surface area contributed by atoms with Gasteiger partial charge in [0.25, 0.3) is 5.91 Å². The summed E-state index contributed by atoms with van der Waals surface area (Å²) in [6, 6.07) is 0. The lowest BCUT2D eigenvalue weighted by Crippen LogP contribution is -2.57. The highest BCUT2D eigenvalue weighted by molar-refractivity contribution is 6.02. The number of ether oxygens (including phenoxy) is 2. The highest BCUT2D eigenvalue weighted by Gasteiger charge is 2.46. The summed E-state index contributed by atoms with van der Waals surface area (Å²) < 4.78 is 11.1. The van der Waals surface area contributed by atoms with Crippen LogP contribution < -0.4 is 0 Å².